The molecule has 1 atom stereocenters. The summed E-state index contributed by atoms with van der Waals surface area (Å²) in [5.74, 6) is -0.206. The fourth-order valence-corrected chi connectivity index (χ4v) is 1.12. The Morgan fingerprint density at radius 1 is 1.36 bits per heavy atom. The molecule has 1 unspecified atom stereocenters. The molecule has 0 spiro atoms. The van der Waals surface area contributed by atoms with Gasteiger partial charge in [0, 0.05) is 6.04 Å². The summed E-state index contributed by atoms with van der Waals surface area (Å²) in [6.07, 6.45) is 5.34. The Kier molecular flexibility index (Phi) is 3.92. The van der Waals surface area contributed by atoms with Crippen molar-refractivity contribution < 1.29 is 4.39 Å². The zero-order valence-electron chi connectivity index (χ0n) is 8.20. The molecule has 0 fully saturated rings. The summed E-state index contributed by atoms with van der Waals surface area (Å²) in [6.45, 7) is 5.58. The van der Waals surface area contributed by atoms with E-state index in [0.29, 0.717) is 0 Å². The molecule has 0 radical (unpaired) electrons. The fourth-order valence-electron chi connectivity index (χ4n) is 1.12. The summed E-state index contributed by atoms with van der Waals surface area (Å²) >= 11 is 0. The van der Waals surface area contributed by atoms with Gasteiger partial charge in [-0.05, 0) is 36.9 Å². The van der Waals surface area contributed by atoms with Gasteiger partial charge in [-0.15, -0.1) is 0 Å². The van der Waals surface area contributed by atoms with Crippen LogP contribution in [0.15, 0.2) is 49.2 Å². The normalized spacial score (nSPS) is 12.7. The fraction of sp³-hybridized carbons (Fsp3) is 0.167. The quantitative estimate of drug-likeness (QED) is 0.721. The molecule has 14 heavy (non-hydrogen) atoms. The molecule has 1 aromatic carbocycles. The molecule has 0 saturated carbocycles. The van der Waals surface area contributed by atoms with Crippen LogP contribution in [0.4, 0.5) is 4.39 Å². The Morgan fingerprint density at radius 2 is 2.00 bits per heavy atom. The number of benzene rings is 1. The molecule has 1 nitrogen and oxygen atoms in total. The van der Waals surface area contributed by atoms with Gasteiger partial charge in [-0.2, -0.15) is 0 Å². The predicted octanol–water partition coefficient (Wildman–Crippen LogP) is 3.18. The number of nitrogens with one attached hydrogen (secondary N) is 1. The van der Waals surface area contributed by atoms with Crippen molar-refractivity contribution in [3.63, 3.8) is 0 Å². The monoisotopic (exact) mass is 191 g/mol. The Bertz CT molecular complexity index is 314. The minimum atomic E-state index is -0.206. The molecule has 1 aromatic rings. The van der Waals surface area contributed by atoms with E-state index < -0.39 is 0 Å². The first-order valence-electron chi connectivity index (χ1n) is 4.53. The third-order valence-electron chi connectivity index (χ3n) is 1.95. The Balaban J connectivity index is 2.60. The average Bonchev–Trinajstić information content (AvgIpc) is 2.19. The summed E-state index contributed by atoms with van der Waals surface area (Å²) in [5.41, 5.74) is 1.06. The highest BCUT2D eigenvalue weighted by atomic mass is 19.1. The van der Waals surface area contributed by atoms with E-state index in [0.717, 1.165) is 5.56 Å². The van der Waals surface area contributed by atoms with Gasteiger partial charge in [-0.25, -0.2) is 4.39 Å². The summed E-state index contributed by atoms with van der Waals surface area (Å²) in [6, 6.07) is 6.64. The lowest BCUT2D eigenvalue weighted by Crippen LogP contribution is -2.11. The van der Waals surface area contributed by atoms with Crippen LogP contribution in [-0.2, 0) is 0 Å². The summed E-state index contributed by atoms with van der Waals surface area (Å²) in [5, 5.41) is 3.15. The molecule has 2 heteroatoms. The van der Waals surface area contributed by atoms with E-state index in [4.69, 9.17) is 0 Å². The van der Waals surface area contributed by atoms with Crippen LogP contribution in [-0.4, -0.2) is 0 Å². The van der Waals surface area contributed by atoms with Gasteiger partial charge in [0.15, 0.2) is 0 Å². The van der Waals surface area contributed by atoms with E-state index in [-0.39, 0.29) is 11.9 Å². The van der Waals surface area contributed by atoms with Crippen molar-refractivity contribution in [1.82, 2.24) is 5.32 Å². The summed E-state index contributed by atoms with van der Waals surface area (Å²) in [7, 11) is 0. The van der Waals surface area contributed by atoms with Crippen molar-refractivity contribution >= 4 is 0 Å². The van der Waals surface area contributed by atoms with Crippen LogP contribution < -0.4 is 5.32 Å². The smallest absolute Gasteiger partial charge is 0.123 e. The molecule has 1 N–H and O–H groups in total. The molecular weight excluding hydrogens is 177 g/mol. The molecule has 1 rings (SSSR count). The molecule has 74 valence electrons. The molecule has 0 aliphatic heterocycles. The molecule has 0 aliphatic rings. The maximum absolute atomic E-state index is 12.6. The topological polar surface area (TPSA) is 12.0 Å². The van der Waals surface area contributed by atoms with E-state index in [1.807, 2.05) is 19.2 Å². The average molecular weight is 191 g/mol. The van der Waals surface area contributed by atoms with E-state index in [2.05, 4.69) is 11.9 Å². The zero-order valence-corrected chi connectivity index (χ0v) is 8.20. The first-order chi connectivity index (χ1) is 6.74. The number of halogens is 1. The largest absolute Gasteiger partial charge is 0.384 e. The molecule has 0 bridgehead atoms. The van der Waals surface area contributed by atoms with Crippen LogP contribution >= 0.6 is 0 Å². The van der Waals surface area contributed by atoms with E-state index >= 15 is 0 Å². The van der Waals surface area contributed by atoms with E-state index in [1.165, 1.54) is 12.1 Å². The molecule has 0 aliphatic carbocycles. The number of rotatable bonds is 4. The molecule has 0 amide bonds. The zero-order chi connectivity index (χ0) is 10.4. The van der Waals surface area contributed by atoms with E-state index in [1.54, 1.807) is 18.2 Å². The summed E-state index contributed by atoms with van der Waals surface area (Å²) in [4.78, 5) is 0. The lowest BCUT2D eigenvalue weighted by Gasteiger charge is -2.11. The van der Waals surface area contributed by atoms with Gasteiger partial charge in [-0.1, -0.05) is 24.8 Å². The van der Waals surface area contributed by atoms with Gasteiger partial charge < -0.3 is 5.32 Å². The van der Waals surface area contributed by atoms with Crippen LogP contribution in [0.25, 0.3) is 0 Å². The third-order valence-corrected chi connectivity index (χ3v) is 1.95. The molecule has 0 saturated heterocycles. The lowest BCUT2D eigenvalue weighted by molar-refractivity contribution is 0.623. The van der Waals surface area contributed by atoms with Gasteiger partial charge in [0.25, 0.3) is 0 Å². The second-order valence-corrected chi connectivity index (χ2v) is 3.03. The second kappa shape index (κ2) is 5.22. The minimum Gasteiger partial charge on any atom is -0.384 e. The first kappa shape index (κ1) is 10.5. The van der Waals surface area contributed by atoms with E-state index in [9.17, 15) is 4.39 Å². The Morgan fingerprint density at radius 3 is 2.57 bits per heavy atom. The van der Waals surface area contributed by atoms with Crippen LogP contribution in [0.1, 0.15) is 18.5 Å². The number of hydrogen-bond donors (Lipinski definition) is 1. The van der Waals surface area contributed by atoms with Gasteiger partial charge >= 0.3 is 0 Å². The van der Waals surface area contributed by atoms with Crippen molar-refractivity contribution in [3.8, 4) is 0 Å². The number of hydrogen-bond acceptors (Lipinski definition) is 1. The van der Waals surface area contributed by atoms with Crippen molar-refractivity contribution in [2.24, 2.45) is 0 Å². The second-order valence-electron chi connectivity index (χ2n) is 3.03. The third kappa shape index (κ3) is 3.05. The van der Waals surface area contributed by atoms with Crippen molar-refractivity contribution in [3.05, 3.63) is 60.6 Å². The predicted molar refractivity (Wildman–Crippen MR) is 57.3 cm³/mol. The van der Waals surface area contributed by atoms with Gasteiger partial charge in [0.1, 0.15) is 5.82 Å². The minimum absolute atomic E-state index is 0.173. The standard InChI is InChI=1S/C12H14FN/c1-3-4-9-14-10(2)11-5-7-12(13)8-6-11/h3-10,14H,1H2,2H3/b9-4-. The Hall–Kier alpha value is -1.57. The van der Waals surface area contributed by atoms with Crippen LogP contribution in [0.2, 0.25) is 0 Å². The van der Waals surface area contributed by atoms with Crippen molar-refractivity contribution in [2.45, 2.75) is 13.0 Å². The van der Waals surface area contributed by atoms with Crippen molar-refractivity contribution in [2.75, 3.05) is 0 Å². The van der Waals surface area contributed by atoms with Crippen molar-refractivity contribution in [1.29, 1.82) is 0 Å². The van der Waals surface area contributed by atoms with Gasteiger partial charge in [0.2, 0.25) is 0 Å². The highest BCUT2D eigenvalue weighted by molar-refractivity contribution is 5.19. The van der Waals surface area contributed by atoms with Crippen LogP contribution in [0, 0.1) is 5.82 Å². The Labute approximate surface area is 84.0 Å². The van der Waals surface area contributed by atoms with Crippen LogP contribution in [0.5, 0.6) is 0 Å². The highest BCUT2D eigenvalue weighted by Gasteiger charge is 2.01. The SMILES string of the molecule is C=C/C=C\NC(C)c1ccc(F)cc1. The molecule has 0 aromatic heterocycles. The van der Waals surface area contributed by atoms with Gasteiger partial charge in [-0.3, -0.25) is 0 Å². The maximum Gasteiger partial charge on any atom is 0.123 e. The number of allylic oxidation sites excluding steroid dienone is 2. The maximum atomic E-state index is 12.6. The molecule has 0 heterocycles. The lowest BCUT2D eigenvalue weighted by atomic mass is 10.1. The van der Waals surface area contributed by atoms with Crippen LogP contribution in [0.3, 0.4) is 0 Å². The van der Waals surface area contributed by atoms with Gasteiger partial charge in [0.05, 0.1) is 0 Å². The summed E-state index contributed by atoms with van der Waals surface area (Å²) < 4.78 is 12.6. The molecular formula is C12H14FN. The highest BCUT2D eigenvalue weighted by Crippen LogP contribution is 2.12. The first-order valence-corrected chi connectivity index (χ1v) is 4.53.